The van der Waals surface area contributed by atoms with Gasteiger partial charge in [0.2, 0.25) is 5.91 Å². The molecule has 2 aromatic carbocycles. The second kappa shape index (κ2) is 8.10. The van der Waals surface area contributed by atoms with Crippen molar-refractivity contribution < 1.29 is 14.7 Å². The minimum Gasteiger partial charge on any atom is -0.396 e. The first-order valence-electron chi connectivity index (χ1n) is 7.44. The van der Waals surface area contributed by atoms with Crippen LogP contribution >= 0.6 is 0 Å². The third-order valence-corrected chi connectivity index (χ3v) is 3.37. The predicted octanol–water partition coefficient (Wildman–Crippen LogP) is 2.50. The fourth-order valence-corrected chi connectivity index (χ4v) is 2.32. The molecule has 5 nitrogen and oxygen atoms in total. The molecule has 2 rings (SSSR count). The molecule has 0 bridgehead atoms. The van der Waals surface area contributed by atoms with Crippen molar-refractivity contribution in [3.8, 4) is 0 Å². The normalized spacial score (nSPS) is 11.6. The Bertz CT molecular complexity index is 671. The summed E-state index contributed by atoms with van der Waals surface area (Å²) in [5.74, 6) is -0.440. The van der Waals surface area contributed by atoms with E-state index < -0.39 is 0 Å². The first-order chi connectivity index (χ1) is 11.1. The van der Waals surface area contributed by atoms with Crippen LogP contribution in [0.2, 0.25) is 0 Å². The maximum absolute atomic E-state index is 12.4. The Morgan fingerprint density at radius 2 is 1.83 bits per heavy atom. The van der Waals surface area contributed by atoms with Crippen LogP contribution in [0.4, 0.5) is 5.69 Å². The molecule has 0 fully saturated rings. The molecule has 0 saturated carbocycles. The van der Waals surface area contributed by atoms with Gasteiger partial charge in [-0.05, 0) is 30.2 Å². The van der Waals surface area contributed by atoms with Crippen LogP contribution in [0, 0.1) is 0 Å². The molecule has 0 spiro atoms. The van der Waals surface area contributed by atoms with Gasteiger partial charge in [0.1, 0.15) is 0 Å². The number of carbonyl (C=O) groups excluding carboxylic acids is 2. The van der Waals surface area contributed by atoms with Gasteiger partial charge in [-0.15, -0.1) is 0 Å². The average molecular weight is 312 g/mol. The Balaban J connectivity index is 2.14. The number of nitrogens with one attached hydrogen (secondary N) is 2. The van der Waals surface area contributed by atoms with Crippen LogP contribution in [-0.2, 0) is 4.79 Å². The van der Waals surface area contributed by atoms with Gasteiger partial charge in [0.15, 0.2) is 0 Å². The summed E-state index contributed by atoms with van der Waals surface area (Å²) in [6.45, 7) is 1.39. The lowest BCUT2D eigenvalue weighted by atomic mass is 10.0. The molecule has 0 saturated heterocycles. The second-order valence-corrected chi connectivity index (χ2v) is 5.21. The molecule has 0 aliphatic rings. The van der Waals surface area contributed by atoms with E-state index in [4.69, 9.17) is 0 Å². The van der Waals surface area contributed by atoms with Crippen LogP contribution in [0.3, 0.4) is 0 Å². The molecule has 5 heteroatoms. The molecule has 1 unspecified atom stereocenters. The van der Waals surface area contributed by atoms with Crippen molar-refractivity contribution in [2.75, 3.05) is 11.9 Å². The Kier molecular flexibility index (Phi) is 5.88. The zero-order valence-corrected chi connectivity index (χ0v) is 13.0. The monoisotopic (exact) mass is 312 g/mol. The van der Waals surface area contributed by atoms with Gasteiger partial charge in [-0.2, -0.15) is 0 Å². The number of aliphatic hydroxyl groups is 1. The van der Waals surface area contributed by atoms with Gasteiger partial charge in [-0.1, -0.05) is 36.4 Å². The lowest BCUT2D eigenvalue weighted by Gasteiger charge is -2.18. The van der Waals surface area contributed by atoms with Gasteiger partial charge in [-0.3, -0.25) is 9.59 Å². The summed E-state index contributed by atoms with van der Waals surface area (Å²) in [6, 6.07) is 16.0. The van der Waals surface area contributed by atoms with Gasteiger partial charge in [-0.25, -0.2) is 0 Å². The van der Waals surface area contributed by atoms with Crippen molar-refractivity contribution in [3.05, 3.63) is 65.7 Å². The van der Waals surface area contributed by atoms with Crippen molar-refractivity contribution in [1.82, 2.24) is 5.32 Å². The maximum Gasteiger partial charge on any atom is 0.251 e. The highest BCUT2D eigenvalue weighted by molar-refractivity contribution is 5.97. The largest absolute Gasteiger partial charge is 0.396 e. The van der Waals surface area contributed by atoms with E-state index >= 15 is 0 Å². The zero-order chi connectivity index (χ0) is 16.7. The minimum atomic E-state index is -0.266. The summed E-state index contributed by atoms with van der Waals surface area (Å²) >= 11 is 0. The number of hydrogen-bond acceptors (Lipinski definition) is 3. The number of benzene rings is 2. The van der Waals surface area contributed by atoms with Crippen molar-refractivity contribution in [2.45, 2.75) is 19.4 Å². The van der Waals surface area contributed by atoms with Gasteiger partial charge >= 0.3 is 0 Å². The maximum atomic E-state index is 12.4. The van der Waals surface area contributed by atoms with Crippen molar-refractivity contribution in [3.63, 3.8) is 0 Å². The molecule has 23 heavy (non-hydrogen) atoms. The smallest absolute Gasteiger partial charge is 0.251 e. The molecule has 1 atom stereocenters. The summed E-state index contributed by atoms with van der Waals surface area (Å²) in [5.41, 5.74) is 1.96. The van der Waals surface area contributed by atoms with E-state index in [1.54, 1.807) is 24.3 Å². The molecule has 0 aliphatic heterocycles. The van der Waals surface area contributed by atoms with E-state index in [1.807, 2.05) is 30.3 Å². The Morgan fingerprint density at radius 3 is 2.48 bits per heavy atom. The molecule has 2 aromatic rings. The fraction of sp³-hybridized carbons (Fsp3) is 0.222. The van der Waals surface area contributed by atoms with Crippen LogP contribution in [0.15, 0.2) is 54.6 Å². The second-order valence-electron chi connectivity index (χ2n) is 5.21. The lowest BCUT2D eigenvalue weighted by molar-refractivity contribution is -0.114. The van der Waals surface area contributed by atoms with E-state index in [-0.39, 0.29) is 24.5 Å². The first-order valence-corrected chi connectivity index (χ1v) is 7.44. The standard InChI is InChI=1S/C18H20N2O3/c1-13(22)19-16-9-5-8-15(12-16)18(23)20-17(10-11-21)14-6-3-2-4-7-14/h2-9,12,17,21H,10-11H2,1H3,(H,19,22)(H,20,23). The van der Waals surface area contributed by atoms with Crippen LogP contribution < -0.4 is 10.6 Å². The van der Waals surface area contributed by atoms with E-state index in [0.29, 0.717) is 17.7 Å². The summed E-state index contributed by atoms with van der Waals surface area (Å²) < 4.78 is 0. The number of hydrogen-bond donors (Lipinski definition) is 3. The van der Waals surface area contributed by atoms with Crippen LogP contribution in [0.25, 0.3) is 0 Å². The van der Waals surface area contributed by atoms with Gasteiger partial charge in [0, 0.05) is 24.8 Å². The summed E-state index contributed by atoms with van der Waals surface area (Å²) in [4.78, 5) is 23.5. The highest BCUT2D eigenvalue weighted by Gasteiger charge is 2.15. The number of anilines is 1. The fourth-order valence-electron chi connectivity index (χ4n) is 2.32. The average Bonchev–Trinajstić information content (AvgIpc) is 2.55. The number of rotatable bonds is 6. The number of carbonyl (C=O) groups is 2. The molecule has 0 aromatic heterocycles. The van der Waals surface area contributed by atoms with E-state index in [2.05, 4.69) is 10.6 Å². The summed E-state index contributed by atoms with van der Waals surface area (Å²) in [7, 11) is 0. The van der Waals surface area contributed by atoms with Crippen LogP contribution in [-0.4, -0.2) is 23.5 Å². The third-order valence-electron chi connectivity index (χ3n) is 3.37. The highest BCUT2D eigenvalue weighted by atomic mass is 16.3. The van der Waals surface area contributed by atoms with Crippen LogP contribution in [0.1, 0.15) is 35.3 Å². The topological polar surface area (TPSA) is 78.4 Å². The van der Waals surface area contributed by atoms with Crippen molar-refractivity contribution in [1.29, 1.82) is 0 Å². The van der Waals surface area contributed by atoms with E-state index in [1.165, 1.54) is 6.92 Å². The Morgan fingerprint density at radius 1 is 1.09 bits per heavy atom. The molecule has 2 amide bonds. The SMILES string of the molecule is CC(=O)Nc1cccc(C(=O)NC(CCO)c2ccccc2)c1. The van der Waals surface area contributed by atoms with E-state index in [9.17, 15) is 14.7 Å². The molecule has 0 radical (unpaired) electrons. The lowest BCUT2D eigenvalue weighted by Crippen LogP contribution is -2.29. The quantitative estimate of drug-likeness (QED) is 0.767. The molecule has 0 aliphatic carbocycles. The third kappa shape index (κ3) is 4.93. The molecule has 3 N–H and O–H groups in total. The molecular weight excluding hydrogens is 292 g/mol. The molecular formula is C18H20N2O3. The molecule has 0 heterocycles. The van der Waals surface area contributed by atoms with Gasteiger partial charge in [0.05, 0.1) is 6.04 Å². The van der Waals surface area contributed by atoms with Crippen molar-refractivity contribution >= 4 is 17.5 Å². The first kappa shape index (κ1) is 16.7. The minimum absolute atomic E-state index is 0.0221. The predicted molar refractivity (Wildman–Crippen MR) is 89.1 cm³/mol. The van der Waals surface area contributed by atoms with Crippen LogP contribution in [0.5, 0.6) is 0 Å². The van der Waals surface area contributed by atoms with E-state index in [0.717, 1.165) is 5.56 Å². The number of aliphatic hydroxyl groups excluding tert-OH is 1. The highest BCUT2D eigenvalue weighted by Crippen LogP contribution is 2.18. The summed E-state index contributed by atoms with van der Waals surface area (Å²) in [6.07, 6.45) is 0.432. The zero-order valence-electron chi connectivity index (χ0n) is 13.0. The van der Waals surface area contributed by atoms with Gasteiger partial charge in [0.25, 0.3) is 5.91 Å². The summed E-state index contributed by atoms with van der Waals surface area (Å²) in [5, 5.41) is 14.8. The molecule has 120 valence electrons. The Labute approximate surface area is 135 Å². The number of amides is 2. The Hall–Kier alpha value is -2.66. The van der Waals surface area contributed by atoms with Gasteiger partial charge < -0.3 is 15.7 Å². The van der Waals surface area contributed by atoms with Crippen molar-refractivity contribution in [2.24, 2.45) is 0 Å².